The van der Waals surface area contributed by atoms with Crippen LogP contribution in [0.25, 0.3) is 0 Å². The van der Waals surface area contributed by atoms with Gasteiger partial charge in [0.25, 0.3) is 0 Å². The fourth-order valence-corrected chi connectivity index (χ4v) is 6.38. The molecule has 0 radical (unpaired) electrons. The second-order valence-electron chi connectivity index (χ2n) is 9.20. The Hall–Kier alpha value is -2.94. The molecule has 1 fully saturated rings. The van der Waals surface area contributed by atoms with E-state index in [0.717, 1.165) is 10.0 Å². The van der Waals surface area contributed by atoms with Crippen LogP contribution < -0.4 is 9.47 Å². The Morgan fingerprint density at radius 2 is 1.78 bits per heavy atom. The average Bonchev–Trinajstić information content (AvgIpc) is 3.28. The lowest BCUT2D eigenvalue weighted by molar-refractivity contribution is -0.157. The summed E-state index contributed by atoms with van der Waals surface area (Å²) in [6.45, 7) is 4.77. The number of hydrogen-bond donors (Lipinski definition) is 2. The molecular weight excluding hydrogens is 524 g/mol. The smallest absolute Gasteiger partial charge is 0.229 e. The summed E-state index contributed by atoms with van der Waals surface area (Å²) in [6.07, 6.45) is 1.52. The van der Waals surface area contributed by atoms with Crippen molar-refractivity contribution < 1.29 is 24.5 Å². The number of hydrogen-bond acceptors (Lipinski definition) is 6. The van der Waals surface area contributed by atoms with Crippen LogP contribution in [0.5, 0.6) is 11.5 Å². The quantitative estimate of drug-likeness (QED) is 0.480. The number of aliphatic hydroxyl groups excluding tert-OH is 1. The van der Waals surface area contributed by atoms with Crippen LogP contribution >= 0.6 is 15.9 Å². The molecule has 7 nitrogen and oxygen atoms in total. The van der Waals surface area contributed by atoms with E-state index in [4.69, 9.17) is 9.47 Å². The minimum absolute atomic E-state index is 0.237. The van der Waals surface area contributed by atoms with Crippen LogP contribution in [0.4, 0.5) is 0 Å². The van der Waals surface area contributed by atoms with Gasteiger partial charge in [0.15, 0.2) is 11.2 Å². The SMILES string of the molecule is CCN(CC)C(=O)C1C(O)C2(O)c3c(OC)cncc3OC2(c2ccc(Br)cc2)C1c1ccccc1. The van der Waals surface area contributed by atoms with Crippen molar-refractivity contribution in [2.75, 3.05) is 20.2 Å². The highest BCUT2D eigenvalue weighted by atomic mass is 79.9. The summed E-state index contributed by atoms with van der Waals surface area (Å²) >= 11 is 3.49. The predicted octanol–water partition coefficient (Wildman–Crippen LogP) is 3.97. The Labute approximate surface area is 218 Å². The first-order valence-corrected chi connectivity index (χ1v) is 12.9. The van der Waals surface area contributed by atoms with Crippen LogP contribution in [0.2, 0.25) is 0 Å². The molecular formula is C28H29BrN2O5. The largest absolute Gasteiger partial charge is 0.495 e. The van der Waals surface area contributed by atoms with Crippen LogP contribution in [-0.4, -0.2) is 52.3 Å². The van der Waals surface area contributed by atoms with E-state index in [-0.39, 0.29) is 11.7 Å². The van der Waals surface area contributed by atoms with E-state index in [0.29, 0.717) is 30.0 Å². The summed E-state index contributed by atoms with van der Waals surface area (Å²) in [6, 6.07) is 16.9. The number of amides is 1. The molecule has 2 aromatic carbocycles. The molecule has 3 aromatic rings. The standard InChI is InChI=1S/C28H29BrN2O5/c1-4-31(5-2)26(33)22-23(17-9-7-6-8-10-17)28(18-11-13-19(29)14-12-18)27(34,25(22)32)24-20(35-3)15-30-16-21(24)36-28/h6-16,22-23,25,32,34H,4-5H2,1-3H3. The molecule has 36 heavy (non-hydrogen) atoms. The molecule has 0 saturated heterocycles. The van der Waals surface area contributed by atoms with Crippen molar-refractivity contribution in [1.29, 1.82) is 0 Å². The highest BCUT2D eigenvalue weighted by Crippen LogP contribution is 2.69. The first-order valence-electron chi connectivity index (χ1n) is 12.1. The molecule has 5 rings (SSSR count). The number of rotatable bonds is 6. The van der Waals surface area contributed by atoms with E-state index in [1.54, 1.807) is 4.90 Å². The number of halogens is 1. The van der Waals surface area contributed by atoms with Gasteiger partial charge in [0, 0.05) is 23.5 Å². The molecule has 0 spiro atoms. The van der Waals surface area contributed by atoms with Crippen LogP contribution in [0.1, 0.15) is 36.5 Å². The molecule has 1 saturated carbocycles. The number of aromatic nitrogens is 1. The van der Waals surface area contributed by atoms with Gasteiger partial charge in [0.2, 0.25) is 5.91 Å². The number of methoxy groups -OCH3 is 1. The van der Waals surface area contributed by atoms with Crippen molar-refractivity contribution in [3.05, 3.63) is 88.2 Å². The maximum Gasteiger partial charge on any atom is 0.229 e. The van der Waals surface area contributed by atoms with Gasteiger partial charge >= 0.3 is 0 Å². The molecule has 1 amide bonds. The third-order valence-corrected chi connectivity index (χ3v) is 8.20. The number of carbonyl (C=O) groups is 1. The monoisotopic (exact) mass is 552 g/mol. The summed E-state index contributed by atoms with van der Waals surface area (Å²) in [5.41, 5.74) is -1.82. The van der Waals surface area contributed by atoms with Crippen molar-refractivity contribution in [3.8, 4) is 11.5 Å². The number of ether oxygens (including phenoxy) is 2. The lowest BCUT2D eigenvalue weighted by atomic mass is 9.70. The third-order valence-electron chi connectivity index (χ3n) is 7.67. The van der Waals surface area contributed by atoms with E-state index in [1.807, 2.05) is 68.4 Å². The van der Waals surface area contributed by atoms with Crippen molar-refractivity contribution >= 4 is 21.8 Å². The van der Waals surface area contributed by atoms with E-state index < -0.39 is 29.1 Å². The number of pyridine rings is 1. The fraction of sp³-hybridized carbons (Fsp3) is 0.357. The summed E-state index contributed by atoms with van der Waals surface area (Å²) in [5.74, 6) is -1.33. The van der Waals surface area contributed by atoms with Gasteiger partial charge in [-0.3, -0.25) is 9.78 Å². The molecule has 1 aromatic heterocycles. The van der Waals surface area contributed by atoms with Gasteiger partial charge in [-0.05, 0) is 37.1 Å². The van der Waals surface area contributed by atoms with Gasteiger partial charge in [-0.15, -0.1) is 0 Å². The highest BCUT2D eigenvalue weighted by molar-refractivity contribution is 9.10. The van der Waals surface area contributed by atoms with Crippen LogP contribution in [0, 0.1) is 5.92 Å². The molecule has 2 heterocycles. The maximum atomic E-state index is 14.0. The minimum atomic E-state index is -2.00. The minimum Gasteiger partial charge on any atom is -0.495 e. The van der Waals surface area contributed by atoms with Gasteiger partial charge < -0.3 is 24.6 Å². The Bertz CT molecular complexity index is 1270. The van der Waals surface area contributed by atoms with E-state index >= 15 is 0 Å². The number of aliphatic hydroxyl groups is 2. The van der Waals surface area contributed by atoms with E-state index in [1.165, 1.54) is 19.5 Å². The number of benzene rings is 2. The number of carbonyl (C=O) groups excluding carboxylic acids is 1. The number of nitrogens with zero attached hydrogens (tertiary/aromatic N) is 2. The Morgan fingerprint density at radius 1 is 1.11 bits per heavy atom. The van der Waals surface area contributed by atoms with Gasteiger partial charge in [-0.1, -0.05) is 58.4 Å². The molecule has 5 atom stereocenters. The Morgan fingerprint density at radius 3 is 2.39 bits per heavy atom. The van der Waals surface area contributed by atoms with Crippen molar-refractivity contribution in [3.63, 3.8) is 0 Å². The third kappa shape index (κ3) is 3.24. The molecule has 5 unspecified atom stereocenters. The number of fused-ring (bicyclic) bond motifs is 3. The fourth-order valence-electron chi connectivity index (χ4n) is 6.11. The normalized spacial score (nSPS) is 28.2. The first kappa shape index (κ1) is 24.7. The highest BCUT2D eigenvalue weighted by Gasteiger charge is 2.78. The molecule has 2 aliphatic rings. The molecule has 0 bridgehead atoms. The molecule has 1 aliphatic carbocycles. The van der Waals surface area contributed by atoms with Gasteiger partial charge in [0.05, 0.1) is 31.0 Å². The summed E-state index contributed by atoms with van der Waals surface area (Å²) < 4.78 is 13.2. The van der Waals surface area contributed by atoms with Gasteiger partial charge in [-0.2, -0.15) is 0 Å². The summed E-state index contributed by atoms with van der Waals surface area (Å²) in [5, 5.41) is 24.8. The topological polar surface area (TPSA) is 92.1 Å². The average molecular weight is 553 g/mol. The predicted molar refractivity (Wildman–Crippen MR) is 138 cm³/mol. The van der Waals surface area contributed by atoms with Crippen molar-refractivity contribution in [2.45, 2.75) is 37.1 Å². The van der Waals surface area contributed by atoms with Crippen LogP contribution in [-0.2, 0) is 16.0 Å². The first-order chi connectivity index (χ1) is 17.3. The van der Waals surface area contributed by atoms with E-state index in [9.17, 15) is 15.0 Å². The van der Waals surface area contributed by atoms with Gasteiger partial charge in [-0.25, -0.2) is 0 Å². The second kappa shape index (κ2) is 9.18. The summed E-state index contributed by atoms with van der Waals surface area (Å²) in [4.78, 5) is 19.9. The van der Waals surface area contributed by atoms with Gasteiger partial charge in [0.1, 0.15) is 17.6 Å². The molecule has 188 valence electrons. The van der Waals surface area contributed by atoms with Crippen molar-refractivity contribution in [1.82, 2.24) is 9.88 Å². The summed E-state index contributed by atoms with van der Waals surface area (Å²) in [7, 11) is 1.48. The van der Waals surface area contributed by atoms with Crippen LogP contribution in [0.15, 0.2) is 71.5 Å². The molecule has 8 heteroatoms. The maximum absolute atomic E-state index is 14.0. The zero-order chi connectivity index (χ0) is 25.7. The lowest BCUT2D eigenvalue weighted by Crippen LogP contribution is -2.52. The Balaban J connectivity index is 1.87. The molecule has 1 aliphatic heterocycles. The zero-order valence-electron chi connectivity index (χ0n) is 20.4. The Kier molecular flexibility index (Phi) is 6.31. The van der Waals surface area contributed by atoms with E-state index in [2.05, 4.69) is 20.9 Å². The zero-order valence-corrected chi connectivity index (χ0v) is 22.0. The molecule has 2 N–H and O–H groups in total. The second-order valence-corrected chi connectivity index (χ2v) is 10.1. The van der Waals surface area contributed by atoms with Crippen molar-refractivity contribution in [2.24, 2.45) is 5.92 Å². The van der Waals surface area contributed by atoms with Crippen LogP contribution in [0.3, 0.4) is 0 Å². The lowest BCUT2D eigenvalue weighted by Gasteiger charge is -2.41.